The monoisotopic (exact) mass is 309 g/mol. The van der Waals surface area contributed by atoms with Crippen molar-refractivity contribution in [3.8, 4) is 0 Å². The van der Waals surface area contributed by atoms with Crippen LogP contribution < -0.4 is 11.1 Å². The molecule has 0 radical (unpaired) electrons. The second kappa shape index (κ2) is 6.51. The van der Waals surface area contributed by atoms with Gasteiger partial charge in [-0.05, 0) is 23.8 Å². The van der Waals surface area contributed by atoms with Gasteiger partial charge in [0.1, 0.15) is 11.6 Å². The summed E-state index contributed by atoms with van der Waals surface area (Å²) in [5.41, 5.74) is 6.59. The molecule has 4 N–H and O–H groups in total. The first-order valence-electron chi connectivity index (χ1n) is 6.08. The number of nitrogen functional groups attached to an aromatic ring is 1. The number of pyridine rings is 1. The molecule has 1 aromatic heterocycles. The number of nitrogens with two attached hydrogens (primary N) is 1. The van der Waals surface area contributed by atoms with Crippen molar-refractivity contribution < 1.29 is 14.3 Å². The SMILES string of the molecule is Nc1ncc(C(=O)NCc2ccc(F)c(CO)c2)cc1Cl. The Kier molecular flexibility index (Phi) is 4.72. The molecule has 2 rings (SSSR count). The molecule has 110 valence electrons. The first-order chi connectivity index (χ1) is 10.0. The predicted molar refractivity (Wildman–Crippen MR) is 77.2 cm³/mol. The van der Waals surface area contributed by atoms with Crippen LogP contribution in [-0.4, -0.2) is 16.0 Å². The molecule has 0 saturated heterocycles. The van der Waals surface area contributed by atoms with Gasteiger partial charge >= 0.3 is 0 Å². The Hall–Kier alpha value is -2.18. The summed E-state index contributed by atoms with van der Waals surface area (Å²) in [6, 6.07) is 5.69. The first kappa shape index (κ1) is 15.2. The molecule has 1 heterocycles. The molecular formula is C14H13ClFN3O2. The smallest absolute Gasteiger partial charge is 0.253 e. The molecular weight excluding hydrogens is 297 g/mol. The highest BCUT2D eigenvalue weighted by atomic mass is 35.5. The first-order valence-corrected chi connectivity index (χ1v) is 6.46. The van der Waals surface area contributed by atoms with Gasteiger partial charge < -0.3 is 16.2 Å². The fourth-order valence-corrected chi connectivity index (χ4v) is 1.88. The van der Waals surface area contributed by atoms with Crippen molar-refractivity contribution >= 4 is 23.3 Å². The number of hydrogen-bond acceptors (Lipinski definition) is 4. The molecule has 21 heavy (non-hydrogen) atoms. The summed E-state index contributed by atoms with van der Waals surface area (Å²) in [6.07, 6.45) is 1.32. The molecule has 0 spiro atoms. The maximum Gasteiger partial charge on any atom is 0.253 e. The van der Waals surface area contributed by atoms with E-state index in [2.05, 4.69) is 10.3 Å². The lowest BCUT2D eigenvalue weighted by molar-refractivity contribution is 0.0950. The third-order valence-corrected chi connectivity index (χ3v) is 3.17. The highest BCUT2D eigenvalue weighted by Crippen LogP contribution is 2.17. The number of halogens is 2. The Morgan fingerprint density at radius 1 is 1.43 bits per heavy atom. The number of nitrogens with one attached hydrogen (secondary N) is 1. The van der Waals surface area contributed by atoms with Gasteiger partial charge in [-0.15, -0.1) is 0 Å². The zero-order chi connectivity index (χ0) is 15.4. The summed E-state index contributed by atoms with van der Waals surface area (Å²) < 4.78 is 13.2. The number of carbonyl (C=O) groups is 1. The van der Waals surface area contributed by atoms with Crippen molar-refractivity contribution in [3.63, 3.8) is 0 Å². The van der Waals surface area contributed by atoms with Crippen molar-refractivity contribution in [3.05, 3.63) is 58.0 Å². The van der Waals surface area contributed by atoms with E-state index in [9.17, 15) is 9.18 Å². The third kappa shape index (κ3) is 3.68. The molecule has 0 atom stereocenters. The van der Waals surface area contributed by atoms with Gasteiger partial charge in [0.15, 0.2) is 0 Å². The van der Waals surface area contributed by atoms with Crippen LogP contribution in [0.25, 0.3) is 0 Å². The lowest BCUT2D eigenvalue weighted by atomic mass is 10.1. The van der Waals surface area contributed by atoms with E-state index in [-0.39, 0.29) is 34.4 Å². The molecule has 5 nitrogen and oxygen atoms in total. The molecule has 1 amide bonds. The zero-order valence-electron chi connectivity index (χ0n) is 10.9. The fraction of sp³-hybridized carbons (Fsp3) is 0.143. The second-order valence-corrected chi connectivity index (χ2v) is 4.76. The highest BCUT2D eigenvalue weighted by molar-refractivity contribution is 6.33. The van der Waals surface area contributed by atoms with Crippen molar-refractivity contribution in [2.75, 3.05) is 5.73 Å². The summed E-state index contributed by atoms with van der Waals surface area (Å²) in [6.45, 7) is -0.209. The van der Waals surface area contributed by atoms with Crippen molar-refractivity contribution in [1.82, 2.24) is 10.3 Å². The zero-order valence-corrected chi connectivity index (χ0v) is 11.7. The van der Waals surface area contributed by atoms with Crippen molar-refractivity contribution in [2.45, 2.75) is 13.2 Å². The molecule has 0 aliphatic heterocycles. The molecule has 0 saturated carbocycles. The quantitative estimate of drug-likeness (QED) is 0.804. The number of amides is 1. The number of benzene rings is 1. The summed E-state index contributed by atoms with van der Waals surface area (Å²) in [7, 11) is 0. The van der Waals surface area contributed by atoms with Crippen LogP contribution in [0.4, 0.5) is 10.2 Å². The van der Waals surface area contributed by atoms with Gasteiger partial charge in [-0.3, -0.25) is 4.79 Å². The number of aliphatic hydroxyl groups is 1. The van der Waals surface area contributed by atoms with E-state index in [0.717, 1.165) is 0 Å². The maximum atomic E-state index is 13.2. The number of anilines is 1. The maximum absolute atomic E-state index is 13.2. The minimum Gasteiger partial charge on any atom is -0.392 e. The van der Waals surface area contributed by atoms with Gasteiger partial charge in [-0.2, -0.15) is 0 Å². The lowest BCUT2D eigenvalue weighted by Crippen LogP contribution is -2.23. The van der Waals surface area contributed by atoms with Gasteiger partial charge in [0.05, 0.1) is 17.2 Å². The van der Waals surface area contributed by atoms with Crippen LogP contribution in [0.2, 0.25) is 5.02 Å². The normalized spacial score (nSPS) is 10.4. The Morgan fingerprint density at radius 2 is 2.19 bits per heavy atom. The number of hydrogen-bond donors (Lipinski definition) is 3. The Bertz CT molecular complexity index is 679. The summed E-state index contributed by atoms with van der Waals surface area (Å²) >= 11 is 5.80. The van der Waals surface area contributed by atoms with E-state index in [4.69, 9.17) is 22.4 Å². The van der Waals surface area contributed by atoms with Gasteiger partial charge in [0.2, 0.25) is 0 Å². The Balaban J connectivity index is 2.05. The fourth-order valence-electron chi connectivity index (χ4n) is 1.72. The molecule has 0 fully saturated rings. The standard InChI is InChI=1S/C14H13ClFN3O2/c15-11-4-9(6-18-13(11)17)14(21)19-5-8-1-2-12(16)10(3-8)7-20/h1-4,6,20H,5,7H2,(H2,17,18)(H,19,21). The molecule has 0 aliphatic rings. The number of aromatic nitrogens is 1. The highest BCUT2D eigenvalue weighted by Gasteiger charge is 2.09. The summed E-state index contributed by atoms with van der Waals surface area (Å²) in [5, 5.41) is 11.8. The van der Waals surface area contributed by atoms with E-state index >= 15 is 0 Å². The van der Waals surface area contributed by atoms with Crippen LogP contribution in [0, 0.1) is 5.82 Å². The van der Waals surface area contributed by atoms with E-state index in [0.29, 0.717) is 5.56 Å². The second-order valence-electron chi connectivity index (χ2n) is 4.36. The van der Waals surface area contributed by atoms with Crippen LogP contribution in [0.3, 0.4) is 0 Å². The van der Waals surface area contributed by atoms with Gasteiger partial charge in [0.25, 0.3) is 5.91 Å². The average molecular weight is 310 g/mol. The minimum absolute atomic E-state index is 0.152. The summed E-state index contributed by atoms with van der Waals surface area (Å²) in [5.74, 6) is -0.708. The van der Waals surface area contributed by atoms with Gasteiger partial charge in [-0.1, -0.05) is 17.7 Å². The molecule has 0 unspecified atom stereocenters. The van der Waals surface area contributed by atoms with Gasteiger partial charge in [-0.25, -0.2) is 9.37 Å². The van der Waals surface area contributed by atoms with E-state index in [1.54, 1.807) is 0 Å². The van der Waals surface area contributed by atoms with E-state index < -0.39 is 12.4 Å². The van der Waals surface area contributed by atoms with Crippen LogP contribution >= 0.6 is 11.6 Å². The Morgan fingerprint density at radius 3 is 2.86 bits per heavy atom. The van der Waals surface area contributed by atoms with Crippen molar-refractivity contribution in [2.24, 2.45) is 0 Å². The third-order valence-electron chi connectivity index (χ3n) is 2.87. The predicted octanol–water partition coefficient (Wildman–Crippen LogP) is 1.88. The molecule has 0 bridgehead atoms. The van der Waals surface area contributed by atoms with Crippen molar-refractivity contribution in [1.29, 1.82) is 0 Å². The largest absolute Gasteiger partial charge is 0.392 e. The molecule has 1 aromatic carbocycles. The topological polar surface area (TPSA) is 88.2 Å². The number of carbonyl (C=O) groups excluding carboxylic acids is 1. The average Bonchev–Trinajstić information content (AvgIpc) is 2.48. The minimum atomic E-state index is -0.484. The van der Waals surface area contributed by atoms with Crippen LogP contribution in [0.15, 0.2) is 30.5 Å². The molecule has 2 aromatic rings. The van der Waals surface area contributed by atoms with E-state index in [1.165, 1.54) is 30.5 Å². The number of rotatable bonds is 4. The number of nitrogens with zero attached hydrogens (tertiary/aromatic N) is 1. The molecule has 7 heteroatoms. The Labute approximate surface area is 125 Å². The molecule has 0 aliphatic carbocycles. The van der Waals surface area contributed by atoms with Crippen LogP contribution in [-0.2, 0) is 13.2 Å². The summed E-state index contributed by atoms with van der Waals surface area (Å²) in [4.78, 5) is 15.7. The number of aliphatic hydroxyl groups excluding tert-OH is 1. The lowest BCUT2D eigenvalue weighted by Gasteiger charge is -2.08. The van der Waals surface area contributed by atoms with Gasteiger partial charge in [0, 0.05) is 18.3 Å². The van der Waals surface area contributed by atoms with E-state index in [1.807, 2.05) is 0 Å². The van der Waals surface area contributed by atoms with Crippen LogP contribution in [0.5, 0.6) is 0 Å². The van der Waals surface area contributed by atoms with Crippen LogP contribution in [0.1, 0.15) is 21.5 Å².